The highest BCUT2D eigenvalue weighted by Crippen LogP contribution is 2.32. The molecule has 1 N–H and O–H groups in total. The van der Waals surface area contributed by atoms with E-state index in [9.17, 15) is 30.3 Å². The third kappa shape index (κ3) is 4.78. The molecule has 150 valence electrons. The van der Waals surface area contributed by atoms with Crippen molar-refractivity contribution in [2.75, 3.05) is 5.32 Å². The first-order chi connectivity index (χ1) is 14.3. The molecule has 3 rings (SSSR count). The number of nitrogens with one attached hydrogen (secondary N) is 1. The van der Waals surface area contributed by atoms with Crippen LogP contribution in [0.25, 0.3) is 0 Å². The molecule has 0 amide bonds. The van der Waals surface area contributed by atoms with Gasteiger partial charge in [0.2, 0.25) is 0 Å². The summed E-state index contributed by atoms with van der Waals surface area (Å²) in [6.07, 6.45) is 1.52. The van der Waals surface area contributed by atoms with Crippen LogP contribution in [0.5, 0.6) is 0 Å². The van der Waals surface area contributed by atoms with E-state index in [0.29, 0.717) is 16.9 Å². The molecule has 11 nitrogen and oxygen atoms in total. The fourth-order valence-corrected chi connectivity index (χ4v) is 2.54. The van der Waals surface area contributed by atoms with E-state index in [4.69, 9.17) is 0 Å². The van der Waals surface area contributed by atoms with Gasteiger partial charge in [0.25, 0.3) is 17.1 Å². The molecule has 0 fully saturated rings. The molecule has 3 aromatic carbocycles. The van der Waals surface area contributed by atoms with Gasteiger partial charge in [0.15, 0.2) is 0 Å². The Kier molecular flexibility index (Phi) is 5.73. The Labute approximate surface area is 168 Å². The molecule has 0 aliphatic heterocycles. The molecule has 0 aliphatic rings. The van der Waals surface area contributed by atoms with Crippen molar-refractivity contribution in [2.45, 2.75) is 0 Å². The number of anilines is 2. The highest BCUT2D eigenvalue weighted by Gasteiger charge is 2.19. The zero-order chi connectivity index (χ0) is 21.7. The second-order valence-electron chi connectivity index (χ2n) is 6.00. The van der Waals surface area contributed by atoms with Crippen LogP contribution >= 0.6 is 0 Å². The number of hydrogen-bond donors (Lipinski definition) is 1. The lowest BCUT2D eigenvalue weighted by Gasteiger charge is -2.07. The van der Waals surface area contributed by atoms with Crippen LogP contribution < -0.4 is 5.32 Å². The maximum atomic E-state index is 11.3. The number of aliphatic imine (C=N–C) groups is 1. The summed E-state index contributed by atoms with van der Waals surface area (Å²) >= 11 is 0. The average molecular weight is 407 g/mol. The van der Waals surface area contributed by atoms with Gasteiger partial charge in [0.05, 0.1) is 26.5 Å². The van der Waals surface area contributed by atoms with Crippen LogP contribution in [0.3, 0.4) is 0 Å². The molecule has 0 aliphatic carbocycles. The van der Waals surface area contributed by atoms with E-state index in [-0.39, 0.29) is 17.1 Å². The molecule has 0 atom stereocenters. The summed E-state index contributed by atoms with van der Waals surface area (Å²) in [7, 11) is 0. The normalized spacial score (nSPS) is 10.7. The van der Waals surface area contributed by atoms with Crippen molar-refractivity contribution in [1.82, 2.24) is 0 Å². The molecule has 11 heteroatoms. The SMILES string of the molecule is O=[N+]([O-])c1ccc(C=Nc2cccc(Nc3ccc([N+](=O)[O-])cc3[N+](=O)[O-])c2)cc1. The largest absolute Gasteiger partial charge is 0.350 e. The van der Waals surface area contributed by atoms with Gasteiger partial charge in [-0.15, -0.1) is 0 Å². The van der Waals surface area contributed by atoms with E-state index in [2.05, 4.69) is 10.3 Å². The highest BCUT2D eigenvalue weighted by atomic mass is 16.6. The molecule has 0 unspecified atom stereocenters. The molecule has 3 aromatic rings. The Morgan fingerprint density at radius 3 is 2.07 bits per heavy atom. The summed E-state index contributed by atoms with van der Waals surface area (Å²) in [6.45, 7) is 0. The third-order valence-corrected chi connectivity index (χ3v) is 3.98. The van der Waals surface area contributed by atoms with Crippen molar-refractivity contribution in [3.63, 3.8) is 0 Å². The van der Waals surface area contributed by atoms with E-state index in [1.165, 1.54) is 30.5 Å². The number of non-ortho nitro benzene ring substituents is 2. The lowest BCUT2D eigenvalue weighted by atomic mass is 10.2. The van der Waals surface area contributed by atoms with Gasteiger partial charge >= 0.3 is 0 Å². The minimum atomic E-state index is -0.704. The average Bonchev–Trinajstić information content (AvgIpc) is 2.73. The van der Waals surface area contributed by atoms with E-state index >= 15 is 0 Å². The second kappa shape index (κ2) is 8.56. The van der Waals surface area contributed by atoms with Crippen LogP contribution in [0.15, 0.2) is 71.7 Å². The van der Waals surface area contributed by atoms with Gasteiger partial charge < -0.3 is 5.32 Å². The minimum absolute atomic E-state index is 0.0250. The summed E-state index contributed by atoms with van der Waals surface area (Å²) in [5, 5.41) is 35.7. The topological polar surface area (TPSA) is 154 Å². The molecule has 0 saturated heterocycles. The quantitative estimate of drug-likeness (QED) is 0.331. The molecule has 0 saturated carbocycles. The Balaban J connectivity index is 1.81. The zero-order valence-electron chi connectivity index (χ0n) is 15.2. The maximum Gasteiger partial charge on any atom is 0.299 e. The Hall–Kier alpha value is -4.67. The molecule has 0 bridgehead atoms. The van der Waals surface area contributed by atoms with Crippen LogP contribution in [-0.2, 0) is 0 Å². The standard InChI is InChI=1S/C19H13N5O6/c25-22(26)16-6-4-13(5-7-16)12-20-14-2-1-3-15(10-14)21-18-9-8-17(23(27)28)11-19(18)24(29)30/h1-12,21H. The van der Waals surface area contributed by atoms with Crippen LogP contribution in [-0.4, -0.2) is 21.0 Å². The number of nitrogens with zero attached hydrogens (tertiary/aromatic N) is 4. The fourth-order valence-electron chi connectivity index (χ4n) is 2.54. The van der Waals surface area contributed by atoms with Gasteiger partial charge in [0.1, 0.15) is 5.69 Å². The van der Waals surface area contributed by atoms with Gasteiger partial charge in [-0.2, -0.15) is 0 Å². The molecular weight excluding hydrogens is 394 g/mol. The highest BCUT2D eigenvalue weighted by molar-refractivity contribution is 5.83. The van der Waals surface area contributed by atoms with Gasteiger partial charge in [-0.25, -0.2) is 0 Å². The number of nitro benzene ring substituents is 3. The molecular formula is C19H13N5O6. The smallest absolute Gasteiger partial charge is 0.299 e. The molecule has 30 heavy (non-hydrogen) atoms. The maximum absolute atomic E-state index is 11.3. The number of nitro groups is 3. The van der Waals surface area contributed by atoms with Crippen LogP contribution in [0, 0.1) is 30.3 Å². The van der Waals surface area contributed by atoms with Crippen molar-refractivity contribution in [2.24, 2.45) is 4.99 Å². The first kappa shape index (κ1) is 20.1. The van der Waals surface area contributed by atoms with Gasteiger partial charge in [-0.05, 0) is 42.0 Å². The van der Waals surface area contributed by atoms with Crippen molar-refractivity contribution in [3.8, 4) is 0 Å². The van der Waals surface area contributed by atoms with Crippen molar-refractivity contribution in [1.29, 1.82) is 0 Å². The monoisotopic (exact) mass is 407 g/mol. The first-order valence-electron chi connectivity index (χ1n) is 8.42. The number of rotatable bonds is 7. The molecule has 0 spiro atoms. The van der Waals surface area contributed by atoms with Gasteiger partial charge in [-0.1, -0.05) is 6.07 Å². The van der Waals surface area contributed by atoms with Crippen LogP contribution in [0.4, 0.5) is 34.1 Å². The fraction of sp³-hybridized carbons (Fsp3) is 0. The Bertz CT molecular complexity index is 1160. The van der Waals surface area contributed by atoms with Crippen molar-refractivity contribution in [3.05, 3.63) is 103 Å². The Morgan fingerprint density at radius 1 is 0.767 bits per heavy atom. The first-order valence-corrected chi connectivity index (χ1v) is 8.42. The zero-order valence-corrected chi connectivity index (χ0v) is 15.2. The summed E-state index contributed by atoms with van der Waals surface area (Å²) in [5.41, 5.74) is 0.945. The van der Waals surface area contributed by atoms with E-state index in [0.717, 1.165) is 6.07 Å². The van der Waals surface area contributed by atoms with E-state index in [1.54, 1.807) is 36.4 Å². The van der Waals surface area contributed by atoms with E-state index in [1.807, 2.05) is 0 Å². The lowest BCUT2D eigenvalue weighted by molar-refractivity contribution is -0.393. The van der Waals surface area contributed by atoms with Gasteiger partial charge in [-0.3, -0.25) is 35.3 Å². The van der Waals surface area contributed by atoms with Crippen LogP contribution in [0.2, 0.25) is 0 Å². The summed E-state index contributed by atoms with van der Waals surface area (Å²) < 4.78 is 0. The predicted molar refractivity (Wildman–Crippen MR) is 110 cm³/mol. The predicted octanol–water partition coefficient (Wildman–Crippen LogP) is 4.91. The molecule has 0 radical (unpaired) electrons. The van der Waals surface area contributed by atoms with E-state index < -0.39 is 20.5 Å². The third-order valence-electron chi connectivity index (χ3n) is 3.98. The van der Waals surface area contributed by atoms with Crippen molar-refractivity contribution >= 4 is 40.3 Å². The summed E-state index contributed by atoms with van der Waals surface area (Å²) in [4.78, 5) is 35.2. The molecule has 0 heterocycles. The Morgan fingerprint density at radius 2 is 1.43 bits per heavy atom. The molecule has 0 aromatic heterocycles. The van der Waals surface area contributed by atoms with Gasteiger partial charge in [0, 0.05) is 30.1 Å². The van der Waals surface area contributed by atoms with Crippen molar-refractivity contribution < 1.29 is 14.8 Å². The summed E-state index contributed by atoms with van der Waals surface area (Å²) in [5.74, 6) is 0. The summed E-state index contributed by atoms with van der Waals surface area (Å²) in [6, 6.07) is 15.9. The van der Waals surface area contributed by atoms with Crippen LogP contribution in [0.1, 0.15) is 5.56 Å². The number of hydrogen-bond acceptors (Lipinski definition) is 8. The number of benzene rings is 3. The second-order valence-corrected chi connectivity index (χ2v) is 6.00. The lowest BCUT2D eigenvalue weighted by Crippen LogP contribution is -1.98. The minimum Gasteiger partial charge on any atom is -0.350 e.